The molecule has 0 fully saturated rings. The van der Waals surface area contributed by atoms with Crippen LogP contribution in [-0.2, 0) is 14.6 Å². The molecule has 106 valence electrons. The van der Waals surface area contributed by atoms with Crippen molar-refractivity contribution in [3.63, 3.8) is 0 Å². The number of carbonyl (C=O) groups excluding carboxylic acids is 1. The Morgan fingerprint density at radius 2 is 2.11 bits per heavy atom. The van der Waals surface area contributed by atoms with Gasteiger partial charge in [-0.25, -0.2) is 13.2 Å². The Labute approximate surface area is 117 Å². The van der Waals surface area contributed by atoms with E-state index in [-0.39, 0.29) is 12.4 Å². The maximum absolute atomic E-state index is 11.6. The Kier molecular flexibility index (Phi) is 5.68. The topological polar surface area (TPSA) is 86.5 Å². The maximum Gasteiger partial charge on any atom is 0.340 e. The summed E-state index contributed by atoms with van der Waals surface area (Å²) in [5, 5.41) is 0. The van der Waals surface area contributed by atoms with E-state index in [2.05, 4.69) is 0 Å². The molecule has 0 spiro atoms. The lowest BCUT2D eigenvalue weighted by atomic mass is 10.2. The molecule has 0 saturated carbocycles. The van der Waals surface area contributed by atoms with Crippen LogP contribution < -0.4 is 5.73 Å². The molecule has 0 atom stereocenters. The fraction of sp³-hybridized carbons (Fsp3) is 0.417. The average molecular weight is 303 g/mol. The van der Waals surface area contributed by atoms with Crippen LogP contribution in [0.3, 0.4) is 0 Å². The minimum atomic E-state index is -2.97. The van der Waals surface area contributed by atoms with E-state index in [1.54, 1.807) is 25.1 Å². The van der Waals surface area contributed by atoms with E-state index >= 15 is 0 Å². The first-order valence-electron chi connectivity index (χ1n) is 5.70. The Bertz CT molecular complexity index is 555. The van der Waals surface area contributed by atoms with Gasteiger partial charge in [0, 0.05) is 22.6 Å². The molecule has 19 heavy (non-hydrogen) atoms. The fourth-order valence-corrected chi connectivity index (χ4v) is 3.47. The van der Waals surface area contributed by atoms with Gasteiger partial charge >= 0.3 is 5.97 Å². The van der Waals surface area contributed by atoms with Crippen molar-refractivity contribution < 1.29 is 17.9 Å². The Balaban J connectivity index is 2.76. The number of nitrogen functional groups attached to an aromatic ring is 1. The van der Waals surface area contributed by atoms with Gasteiger partial charge in [-0.15, -0.1) is 11.8 Å². The third-order valence-electron chi connectivity index (χ3n) is 2.24. The van der Waals surface area contributed by atoms with Gasteiger partial charge in [0.1, 0.15) is 9.84 Å². The Morgan fingerprint density at radius 3 is 2.68 bits per heavy atom. The van der Waals surface area contributed by atoms with Crippen LogP contribution in [0.2, 0.25) is 0 Å². The van der Waals surface area contributed by atoms with Crippen molar-refractivity contribution in [3.8, 4) is 0 Å². The molecule has 0 radical (unpaired) electrons. The van der Waals surface area contributed by atoms with E-state index in [0.29, 0.717) is 17.0 Å². The summed E-state index contributed by atoms with van der Waals surface area (Å²) in [6.07, 6.45) is 1.20. The summed E-state index contributed by atoms with van der Waals surface area (Å²) in [7, 11) is -2.97. The molecule has 0 aliphatic heterocycles. The number of benzene rings is 1. The molecule has 7 heteroatoms. The van der Waals surface area contributed by atoms with Gasteiger partial charge in [-0.3, -0.25) is 0 Å². The number of rotatable bonds is 6. The van der Waals surface area contributed by atoms with E-state index in [1.807, 2.05) is 0 Å². The molecule has 0 amide bonds. The molecule has 0 unspecified atom stereocenters. The van der Waals surface area contributed by atoms with Crippen LogP contribution in [0.4, 0.5) is 5.69 Å². The first-order valence-corrected chi connectivity index (χ1v) is 8.75. The first kappa shape index (κ1) is 15.8. The van der Waals surface area contributed by atoms with Crippen LogP contribution in [0, 0.1) is 0 Å². The molecule has 5 nitrogen and oxygen atoms in total. The van der Waals surface area contributed by atoms with Crippen molar-refractivity contribution in [1.29, 1.82) is 0 Å². The smallest absolute Gasteiger partial charge is 0.340 e. The van der Waals surface area contributed by atoms with Gasteiger partial charge in [-0.1, -0.05) is 0 Å². The predicted octanol–water partition coefficient (Wildman–Crippen LogP) is 1.58. The number of nitrogens with two attached hydrogens (primary N) is 1. The van der Waals surface area contributed by atoms with E-state index in [4.69, 9.17) is 10.5 Å². The number of sulfone groups is 1. The second-order valence-electron chi connectivity index (χ2n) is 3.95. The van der Waals surface area contributed by atoms with Gasteiger partial charge < -0.3 is 10.5 Å². The lowest BCUT2D eigenvalue weighted by Gasteiger charge is -2.07. The summed E-state index contributed by atoms with van der Waals surface area (Å²) in [5.41, 5.74) is 6.38. The molecule has 1 rings (SSSR count). The molecule has 1 aromatic carbocycles. The number of esters is 1. The maximum atomic E-state index is 11.6. The molecule has 0 saturated heterocycles. The molecular formula is C12H17NO4S2. The van der Waals surface area contributed by atoms with Gasteiger partial charge in [0.05, 0.1) is 17.9 Å². The molecule has 0 aromatic heterocycles. The normalized spacial score (nSPS) is 11.3. The molecule has 0 bridgehead atoms. The zero-order valence-corrected chi connectivity index (χ0v) is 12.5. The quantitative estimate of drug-likeness (QED) is 0.488. The van der Waals surface area contributed by atoms with Gasteiger partial charge in [0.2, 0.25) is 0 Å². The summed E-state index contributed by atoms with van der Waals surface area (Å²) in [5.74, 6) is 0.0625. The third-order valence-corrected chi connectivity index (χ3v) is 4.44. The molecule has 0 heterocycles. The number of anilines is 1. The van der Waals surface area contributed by atoms with E-state index in [1.165, 1.54) is 18.0 Å². The van der Waals surface area contributed by atoms with Crippen molar-refractivity contribution in [3.05, 3.63) is 23.8 Å². The van der Waals surface area contributed by atoms with Crippen LogP contribution in [0.5, 0.6) is 0 Å². The average Bonchev–Trinajstić information content (AvgIpc) is 2.30. The van der Waals surface area contributed by atoms with Crippen LogP contribution in [0.1, 0.15) is 17.3 Å². The highest BCUT2D eigenvalue weighted by Gasteiger charge is 2.12. The Hall–Kier alpha value is -1.21. The largest absolute Gasteiger partial charge is 0.462 e. The third kappa shape index (κ3) is 5.52. The van der Waals surface area contributed by atoms with Crippen molar-refractivity contribution in [2.45, 2.75) is 11.8 Å². The van der Waals surface area contributed by atoms with E-state index in [9.17, 15) is 13.2 Å². The van der Waals surface area contributed by atoms with Crippen LogP contribution in [0.25, 0.3) is 0 Å². The number of hydrogen-bond donors (Lipinski definition) is 1. The lowest BCUT2D eigenvalue weighted by molar-refractivity contribution is 0.0527. The van der Waals surface area contributed by atoms with Crippen molar-refractivity contribution in [2.24, 2.45) is 0 Å². The number of thioether (sulfide) groups is 1. The van der Waals surface area contributed by atoms with Crippen molar-refractivity contribution in [1.82, 2.24) is 0 Å². The highest BCUT2D eigenvalue weighted by atomic mass is 32.2. The zero-order chi connectivity index (χ0) is 14.5. The lowest BCUT2D eigenvalue weighted by Crippen LogP contribution is -2.08. The highest BCUT2D eigenvalue weighted by molar-refractivity contribution is 8.00. The van der Waals surface area contributed by atoms with Crippen molar-refractivity contribution in [2.75, 3.05) is 30.1 Å². The van der Waals surface area contributed by atoms with Crippen LogP contribution >= 0.6 is 11.8 Å². The minimum Gasteiger partial charge on any atom is -0.462 e. The van der Waals surface area contributed by atoms with Crippen LogP contribution in [-0.4, -0.2) is 38.8 Å². The highest BCUT2D eigenvalue weighted by Crippen LogP contribution is 2.23. The molecule has 0 aliphatic carbocycles. The minimum absolute atomic E-state index is 0.0940. The number of ether oxygens (including phenoxy) is 1. The summed E-state index contributed by atoms with van der Waals surface area (Å²) < 4.78 is 27.0. The van der Waals surface area contributed by atoms with Gasteiger partial charge in [-0.05, 0) is 25.1 Å². The molecule has 1 aromatic rings. The van der Waals surface area contributed by atoms with Gasteiger partial charge in [-0.2, -0.15) is 0 Å². The van der Waals surface area contributed by atoms with Gasteiger partial charge in [0.25, 0.3) is 0 Å². The van der Waals surface area contributed by atoms with Crippen molar-refractivity contribution >= 4 is 33.3 Å². The number of hydrogen-bond acceptors (Lipinski definition) is 6. The summed E-state index contributed by atoms with van der Waals surface area (Å²) >= 11 is 1.36. The fourth-order valence-electron chi connectivity index (χ4n) is 1.32. The van der Waals surface area contributed by atoms with Gasteiger partial charge in [0.15, 0.2) is 0 Å². The molecular weight excluding hydrogens is 286 g/mol. The summed E-state index contributed by atoms with van der Waals surface area (Å²) in [6, 6.07) is 5.00. The zero-order valence-electron chi connectivity index (χ0n) is 10.9. The molecule has 2 N–H and O–H groups in total. The second kappa shape index (κ2) is 6.81. The summed E-state index contributed by atoms with van der Waals surface area (Å²) in [4.78, 5) is 12.4. The van der Waals surface area contributed by atoms with E-state index in [0.717, 1.165) is 4.90 Å². The number of carbonyl (C=O) groups is 1. The standard InChI is InChI=1S/C12H17NO4S2/c1-3-17-12(14)10-8-9(4-5-11(10)13)18-6-7-19(2,15)16/h4-5,8H,3,6-7,13H2,1-2H3. The molecule has 0 aliphatic rings. The van der Waals surface area contributed by atoms with Crippen LogP contribution in [0.15, 0.2) is 23.1 Å². The predicted molar refractivity (Wildman–Crippen MR) is 77.2 cm³/mol. The second-order valence-corrected chi connectivity index (χ2v) is 7.38. The summed E-state index contributed by atoms with van der Waals surface area (Å²) in [6.45, 7) is 2.00. The Morgan fingerprint density at radius 1 is 1.42 bits per heavy atom. The van der Waals surface area contributed by atoms with E-state index < -0.39 is 15.8 Å². The monoisotopic (exact) mass is 303 g/mol. The SMILES string of the molecule is CCOC(=O)c1cc(SCCS(C)(=O)=O)ccc1N. The first-order chi connectivity index (χ1) is 8.83.